The predicted molar refractivity (Wildman–Crippen MR) is 79.9 cm³/mol. The first-order valence-electron chi connectivity index (χ1n) is 6.61. The van der Waals surface area contributed by atoms with E-state index < -0.39 is 0 Å². The Bertz CT molecular complexity index is 445. The van der Waals surface area contributed by atoms with Crippen molar-refractivity contribution in [3.05, 3.63) is 28.2 Å². The summed E-state index contributed by atoms with van der Waals surface area (Å²) in [5.74, 6) is 0.620. The Balaban J connectivity index is 1.80. The van der Waals surface area contributed by atoms with Gasteiger partial charge in [0.15, 0.2) is 0 Å². The number of hydrogen-bond donors (Lipinski definition) is 2. The summed E-state index contributed by atoms with van der Waals surface area (Å²) in [6, 6.07) is 5.07. The minimum atomic E-state index is 0.00907. The van der Waals surface area contributed by atoms with Crippen LogP contribution in [0.25, 0.3) is 0 Å². The van der Waals surface area contributed by atoms with Gasteiger partial charge in [0.25, 0.3) is 0 Å². The minimum absolute atomic E-state index is 0.00907. The van der Waals surface area contributed by atoms with Gasteiger partial charge in [-0.2, -0.15) is 0 Å². The maximum Gasteiger partial charge on any atom is 0.224 e. The van der Waals surface area contributed by atoms with Crippen LogP contribution in [-0.4, -0.2) is 19.0 Å². The third-order valence-electron chi connectivity index (χ3n) is 3.38. The van der Waals surface area contributed by atoms with E-state index in [-0.39, 0.29) is 5.91 Å². The predicted octanol–water partition coefficient (Wildman–Crippen LogP) is 3.71. The van der Waals surface area contributed by atoms with Gasteiger partial charge in [0.2, 0.25) is 5.91 Å². The fourth-order valence-electron chi connectivity index (χ4n) is 2.31. The second-order valence-electron chi connectivity index (χ2n) is 4.92. The fraction of sp³-hybridized carbons (Fsp3) is 0.500. The number of piperidine rings is 1. The number of anilines is 1. The van der Waals surface area contributed by atoms with Crippen molar-refractivity contribution in [2.75, 3.05) is 18.4 Å². The minimum Gasteiger partial charge on any atom is -0.325 e. The molecule has 19 heavy (non-hydrogen) atoms. The first-order valence-corrected chi connectivity index (χ1v) is 7.36. The molecular weight excluding hydrogens is 283 g/mol. The van der Waals surface area contributed by atoms with Crippen LogP contribution in [-0.2, 0) is 4.79 Å². The second-order valence-corrected chi connectivity index (χ2v) is 5.77. The van der Waals surface area contributed by atoms with E-state index in [1.165, 1.54) is 12.8 Å². The zero-order chi connectivity index (χ0) is 13.7. The number of nitrogens with one attached hydrogen (secondary N) is 2. The highest BCUT2D eigenvalue weighted by molar-refractivity contribution is 6.36. The number of carbonyl (C=O) groups excluding carboxylic acids is 1. The van der Waals surface area contributed by atoms with Gasteiger partial charge in [-0.15, -0.1) is 0 Å². The highest BCUT2D eigenvalue weighted by atomic mass is 35.5. The summed E-state index contributed by atoms with van der Waals surface area (Å²) in [6.07, 6.45) is 3.87. The molecule has 0 radical (unpaired) electrons. The molecule has 0 saturated carbocycles. The molecule has 1 unspecified atom stereocenters. The maximum atomic E-state index is 11.9. The second kappa shape index (κ2) is 7.13. The summed E-state index contributed by atoms with van der Waals surface area (Å²) in [6.45, 7) is 2.12. The molecule has 0 aliphatic carbocycles. The molecule has 1 aromatic carbocycles. The lowest BCUT2D eigenvalue weighted by Crippen LogP contribution is -2.30. The summed E-state index contributed by atoms with van der Waals surface area (Å²) >= 11 is 11.8. The van der Waals surface area contributed by atoms with Crippen LogP contribution in [0.15, 0.2) is 18.2 Å². The third-order valence-corrected chi connectivity index (χ3v) is 3.93. The number of amides is 1. The lowest BCUT2D eigenvalue weighted by Gasteiger charge is -2.22. The van der Waals surface area contributed by atoms with Crippen molar-refractivity contribution in [3.8, 4) is 0 Å². The van der Waals surface area contributed by atoms with E-state index in [1.807, 2.05) is 0 Å². The molecule has 104 valence electrons. The van der Waals surface area contributed by atoms with Gasteiger partial charge in [-0.1, -0.05) is 23.2 Å². The Morgan fingerprint density at radius 2 is 2.26 bits per heavy atom. The number of rotatable bonds is 4. The molecule has 1 atom stereocenters. The third kappa shape index (κ3) is 4.68. The van der Waals surface area contributed by atoms with Gasteiger partial charge >= 0.3 is 0 Å². The largest absolute Gasteiger partial charge is 0.325 e. The molecule has 2 rings (SSSR count). The van der Waals surface area contributed by atoms with Crippen LogP contribution in [0.1, 0.15) is 25.7 Å². The van der Waals surface area contributed by atoms with E-state index in [2.05, 4.69) is 10.6 Å². The van der Waals surface area contributed by atoms with E-state index in [4.69, 9.17) is 23.2 Å². The monoisotopic (exact) mass is 300 g/mol. The SMILES string of the molecule is O=C(CCC1CCCNC1)Nc1ccc(Cl)cc1Cl. The zero-order valence-corrected chi connectivity index (χ0v) is 12.2. The Hall–Kier alpha value is -0.770. The first kappa shape index (κ1) is 14.6. The Morgan fingerprint density at radius 1 is 1.42 bits per heavy atom. The molecule has 1 aromatic rings. The zero-order valence-electron chi connectivity index (χ0n) is 10.7. The summed E-state index contributed by atoms with van der Waals surface area (Å²) in [5, 5.41) is 7.22. The number of benzene rings is 1. The van der Waals surface area contributed by atoms with Gasteiger partial charge < -0.3 is 10.6 Å². The highest BCUT2D eigenvalue weighted by Gasteiger charge is 2.14. The Labute approximate surface area is 123 Å². The van der Waals surface area contributed by atoms with E-state index in [9.17, 15) is 4.79 Å². The molecule has 3 nitrogen and oxygen atoms in total. The van der Waals surface area contributed by atoms with Crippen LogP contribution in [0, 0.1) is 5.92 Å². The molecule has 1 aliphatic heterocycles. The van der Waals surface area contributed by atoms with Crippen LogP contribution in [0.3, 0.4) is 0 Å². The van der Waals surface area contributed by atoms with Crippen LogP contribution in [0.5, 0.6) is 0 Å². The highest BCUT2D eigenvalue weighted by Crippen LogP contribution is 2.25. The van der Waals surface area contributed by atoms with Crippen LogP contribution in [0.2, 0.25) is 10.0 Å². The van der Waals surface area contributed by atoms with Gasteiger partial charge in [-0.25, -0.2) is 0 Å². The molecule has 0 aromatic heterocycles. The molecule has 1 saturated heterocycles. The van der Waals surface area contributed by atoms with Gasteiger partial charge in [-0.05, 0) is 56.5 Å². The fourth-order valence-corrected chi connectivity index (χ4v) is 2.76. The lowest BCUT2D eigenvalue weighted by atomic mass is 9.94. The van der Waals surface area contributed by atoms with Crippen molar-refractivity contribution in [3.63, 3.8) is 0 Å². The molecular formula is C14H18Cl2N2O. The van der Waals surface area contributed by atoms with Crippen LogP contribution in [0.4, 0.5) is 5.69 Å². The lowest BCUT2D eigenvalue weighted by molar-refractivity contribution is -0.116. The first-order chi connectivity index (χ1) is 9.15. The standard InChI is InChI=1S/C14H18Cl2N2O/c15-11-4-5-13(12(16)8-11)18-14(19)6-3-10-2-1-7-17-9-10/h4-5,8,10,17H,1-3,6-7,9H2,(H,18,19). The Kier molecular flexibility index (Phi) is 5.49. The smallest absolute Gasteiger partial charge is 0.224 e. The number of hydrogen-bond acceptors (Lipinski definition) is 2. The molecule has 1 aliphatic rings. The van der Waals surface area contributed by atoms with E-state index >= 15 is 0 Å². The molecule has 5 heteroatoms. The van der Waals surface area contributed by atoms with Crippen molar-refractivity contribution in [1.29, 1.82) is 0 Å². The van der Waals surface area contributed by atoms with Crippen LogP contribution < -0.4 is 10.6 Å². The van der Waals surface area contributed by atoms with Gasteiger partial charge in [0.05, 0.1) is 10.7 Å². The van der Waals surface area contributed by atoms with Gasteiger partial charge in [-0.3, -0.25) is 4.79 Å². The van der Waals surface area contributed by atoms with E-state index in [0.717, 1.165) is 19.5 Å². The summed E-state index contributed by atoms with van der Waals surface area (Å²) < 4.78 is 0. The summed E-state index contributed by atoms with van der Waals surface area (Å²) in [7, 11) is 0. The number of carbonyl (C=O) groups is 1. The van der Waals surface area contributed by atoms with E-state index in [0.29, 0.717) is 28.1 Å². The summed E-state index contributed by atoms with van der Waals surface area (Å²) in [5.41, 5.74) is 0.623. The number of halogens is 2. The van der Waals surface area contributed by atoms with Gasteiger partial charge in [0.1, 0.15) is 0 Å². The molecule has 1 amide bonds. The molecule has 2 N–H and O–H groups in total. The maximum absolute atomic E-state index is 11.9. The van der Waals surface area contributed by atoms with Crippen molar-refractivity contribution in [1.82, 2.24) is 5.32 Å². The molecule has 1 fully saturated rings. The van der Waals surface area contributed by atoms with Gasteiger partial charge in [0, 0.05) is 11.4 Å². The summed E-state index contributed by atoms with van der Waals surface area (Å²) in [4.78, 5) is 11.9. The topological polar surface area (TPSA) is 41.1 Å². The quantitative estimate of drug-likeness (QED) is 0.890. The average molecular weight is 301 g/mol. The molecule has 1 heterocycles. The van der Waals surface area contributed by atoms with Crippen molar-refractivity contribution < 1.29 is 4.79 Å². The van der Waals surface area contributed by atoms with E-state index in [1.54, 1.807) is 18.2 Å². The van der Waals surface area contributed by atoms with Crippen LogP contribution >= 0.6 is 23.2 Å². The normalized spacial score (nSPS) is 19.2. The van der Waals surface area contributed by atoms with Crippen molar-refractivity contribution in [2.24, 2.45) is 5.92 Å². The van der Waals surface area contributed by atoms with Crippen molar-refractivity contribution in [2.45, 2.75) is 25.7 Å². The van der Waals surface area contributed by atoms with Crippen molar-refractivity contribution >= 4 is 34.8 Å². The molecule has 0 spiro atoms. The molecule has 0 bridgehead atoms. The average Bonchev–Trinajstić information content (AvgIpc) is 2.41. The Morgan fingerprint density at radius 3 is 2.95 bits per heavy atom.